The first-order valence-corrected chi connectivity index (χ1v) is 9.90. The largest absolute Gasteiger partial charge is 0.366 e. The molecule has 9 heteroatoms. The normalized spacial score (nSPS) is 15.0. The van der Waals surface area contributed by atoms with Crippen LogP contribution >= 0.6 is 0 Å². The van der Waals surface area contributed by atoms with Crippen molar-refractivity contribution in [2.75, 3.05) is 23.3 Å². The lowest BCUT2D eigenvalue weighted by Crippen LogP contribution is -2.33. The molecule has 1 aliphatic heterocycles. The maximum absolute atomic E-state index is 11.9. The molecule has 1 N–H and O–H groups in total. The minimum Gasteiger partial charge on any atom is -0.366 e. The van der Waals surface area contributed by atoms with E-state index in [1.54, 1.807) is 12.3 Å². The molecule has 0 saturated carbocycles. The summed E-state index contributed by atoms with van der Waals surface area (Å²) in [7, 11) is 0. The van der Waals surface area contributed by atoms with Gasteiger partial charge in [0, 0.05) is 30.4 Å². The molecule has 5 rings (SSSR count). The van der Waals surface area contributed by atoms with E-state index in [2.05, 4.69) is 32.4 Å². The van der Waals surface area contributed by atoms with Gasteiger partial charge in [0.25, 0.3) is 0 Å². The van der Waals surface area contributed by atoms with Gasteiger partial charge in [-0.25, -0.2) is 4.63 Å². The zero-order chi connectivity index (χ0) is 20.7. The molecule has 3 heterocycles. The van der Waals surface area contributed by atoms with Crippen LogP contribution < -0.4 is 10.2 Å². The SMILES string of the molecule is CC1CCN(c2cc(Nc3ccc4ncccc4c3)c3nonc3c2[N+](=O)[O-])CC1. The van der Waals surface area contributed by atoms with Crippen LogP contribution in [0.2, 0.25) is 0 Å². The van der Waals surface area contributed by atoms with Crippen LogP contribution in [0.1, 0.15) is 19.8 Å². The number of nitro groups is 1. The van der Waals surface area contributed by atoms with Gasteiger partial charge in [-0.2, -0.15) is 0 Å². The Morgan fingerprint density at radius 2 is 1.97 bits per heavy atom. The van der Waals surface area contributed by atoms with Crippen LogP contribution in [0.4, 0.5) is 22.7 Å². The minimum atomic E-state index is -0.397. The monoisotopic (exact) mass is 404 g/mol. The van der Waals surface area contributed by atoms with Gasteiger partial charge < -0.3 is 10.2 Å². The summed E-state index contributed by atoms with van der Waals surface area (Å²) < 4.78 is 4.89. The van der Waals surface area contributed by atoms with Crippen LogP contribution in [0.25, 0.3) is 21.9 Å². The molecule has 152 valence electrons. The summed E-state index contributed by atoms with van der Waals surface area (Å²) in [5, 5.41) is 24.0. The summed E-state index contributed by atoms with van der Waals surface area (Å²) in [5.74, 6) is 0.613. The Balaban J connectivity index is 1.61. The predicted molar refractivity (Wildman–Crippen MR) is 114 cm³/mol. The van der Waals surface area contributed by atoms with E-state index >= 15 is 0 Å². The number of hydrogen-bond donors (Lipinski definition) is 1. The molecule has 1 saturated heterocycles. The molecule has 2 aromatic heterocycles. The van der Waals surface area contributed by atoms with E-state index in [0.29, 0.717) is 22.8 Å². The lowest BCUT2D eigenvalue weighted by molar-refractivity contribution is -0.382. The van der Waals surface area contributed by atoms with Gasteiger partial charge in [0.15, 0.2) is 5.52 Å². The minimum absolute atomic E-state index is 0.0611. The number of nitrogens with zero attached hydrogens (tertiary/aromatic N) is 5. The molecule has 0 bridgehead atoms. The number of rotatable bonds is 4. The fourth-order valence-corrected chi connectivity index (χ4v) is 3.99. The second-order valence-corrected chi connectivity index (χ2v) is 7.72. The van der Waals surface area contributed by atoms with Crippen molar-refractivity contribution in [3.63, 3.8) is 0 Å². The molecular formula is C21H20N6O3. The Hall–Kier alpha value is -3.75. The summed E-state index contributed by atoms with van der Waals surface area (Å²) in [4.78, 5) is 17.9. The average Bonchev–Trinajstić information content (AvgIpc) is 3.23. The van der Waals surface area contributed by atoms with Crippen molar-refractivity contribution in [2.24, 2.45) is 5.92 Å². The average molecular weight is 404 g/mol. The Kier molecular flexibility index (Phi) is 4.42. The second kappa shape index (κ2) is 7.25. The van der Waals surface area contributed by atoms with Gasteiger partial charge in [0.05, 0.1) is 16.1 Å². The molecule has 0 aliphatic carbocycles. The molecule has 1 fully saturated rings. The molecule has 2 aromatic carbocycles. The third-order valence-corrected chi connectivity index (χ3v) is 5.68. The lowest BCUT2D eigenvalue weighted by Gasteiger charge is -2.32. The van der Waals surface area contributed by atoms with E-state index in [1.165, 1.54) is 0 Å². The van der Waals surface area contributed by atoms with Crippen molar-refractivity contribution in [1.29, 1.82) is 0 Å². The number of nitrogens with one attached hydrogen (secondary N) is 1. The van der Waals surface area contributed by atoms with Crippen LogP contribution in [0.5, 0.6) is 0 Å². The molecule has 0 unspecified atom stereocenters. The van der Waals surface area contributed by atoms with Crippen LogP contribution in [0.15, 0.2) is 47.2 Å². The molecule has 0 amide bonds. The van der Waals surface area contributed by atoms with E-state index in [4.69, 9.17) is 4.63 Å². The van der Waals surface area contributed by atoms with E-state index in [0.717, 1.165) is 42.5 Å². The number of anilines is 3. The van der Waals surface area contributed by atoms with Crippen molar-refractivity contribution in [3.05, 3.63) is 52.7 Å². The van der Waals surface area contributed by atoms with Crippen molar-refractivity contribution in [2.45, 2.75) is 19.8 Å². The number of benzene rings is 2. The fourth-order valence-electron chi connectivity index (χ4n) is 3.99. The van der Waals surface area contributed by atoms with Gasteiger partial charge in [-0.3, -0.25) is 15.1 Å². The highest BCUT2D eigenvalue weighted by Crippen LogP contribution is 2.41. The second-order valence-electron chi connectivity index (χ2n) is 7.72. The number of fused-ring (bicyclic) bond motifs is 2. The third kappa shape index (κ3) is 3.18. The number of piperidine rings is 1. The highest BCUT2D eigenvalue weighted by atomic mass is 16.6. The summed E-state index contributed by atoms with van der Waals surface area (Å²) in [5.41, 5.74) is 3.31. The van der Waals surface area contributed by atoms with Crippen molar-refractivity contribution >= 4 is 44.7 Å². The number of pyridine rings is 1. The van der Waals surface area contributed by atoms with Crippen LogP contribution in [-0.4, -0.2) is 33.3 Å². The number of aromatic nitrogens is 3. The Morgan fingerprint density at radius 3 is 2.77 bits per heavy atom. The highest BCUT2D eigenvalue weighted by molar-refractivity contribution is 6.01. The molecule has 4 aromatic rings. The van der Waals surface area contributed by atoms with E-state index in [-0.39, 0.29) is 11.2 Å². The summed E-state index contributed by atoms with van der Waals surface area (Å²) in [6, 6.07) is 11.5. The smallest absolute Gasteiger partial charge is 0.323 e. The molecule has 0 spiro atoms. The van der Waals surface area contributed by atoms with Crippen molar-refractivity contribution < 1.29 is 9.55 Å². The van der Waals surface area contributed by atoms with Gasteiger partial charge in [0.1, 0.15) is 5.69 Å². The summed E-state index contributed by atoms with van der Waals surface area (Å²) in [6.45, 7) is 3.73. The Bertz CT molecular complexity index is 1250. The van der Waals surface area contributed by atoms with Gasteiger partial charge >= 0.3 is 5.69 Å². The Morgan fingerprint density at radius 1 is 1.17 bits per heavy atom. The molecule has 0 radical (unpaired) electrons. The maximum Gasteiger partial charge on any atom is 0.323 e. The number of nitro benzene ring substituents is 1. The first-order valence-electron chi connectivity index (χ1n) is 9.90. The summed E-state index contributed by atoms with van der Waals surface area (Å²) >= 11 is 0. The van der Waals surface area contributed by atoms with Crippen LogP contribution in [0, 0.1) is 16.0 Å². The fraction of sp³-hybridized carbons (Fsp3) is 0.286. The van der Waals surface area contributed by atoms with Crippen molar-refractivity contribution in [1.82, 2.24) is 15.3 Å². The zero-order valence-corrected chi connectivity index (χ0v) is 16.4. The number of hydrogen-bond acceptors (Lipinski definition) is 8. The molecule has 30 heavy (non-hydrogen) atoms. The molecule has 1 aliphatic rings. The van der Waals surface area contributed by atoms with Gasteiger partial charge in [-0.05, 0) is 59.4 Å². The third-order valence-electron chi connectivity index (χ3n) is 5.68. The van der Waals surface area contributed by atoms with Gasteiger partial charge in [0.2, 0.25) is 5.52 Å². The van der Waals surface area contributed by atoms with Crippen molar-refractivity contribution in [3.8, 4) is 0 Å². The predicted octanol–water partition coefficient (Wildman–Crippen LogP) is 4.66. The quantitative estimate of drug-likeness (QED) is 0.386. The molecule has 9 nitrogen and oxygen atoms in total. The van der Waals surface area contributed by atoms with Gasteiger partial charge in [-0.1, -0.05) is 13.0 Å². The standard InChI is InChI=1S/C21H20N6O3/c1-13-6-9-26(10-7-13)18-12-17(19-20(25-30-24-19)21(18)27(28)29)23-15-4-5-16-14(11-15)3-2-8-22-16/h2-5,8,11-13,23H,6-7,9-10H2,1H3. The lowest BCUT2D eigenvalue weighted by atomic mass is 9.98. The highest BCUT2D eigenvalue weighted by Gasteiger charge is 2.30. The summed E-state index contributed by atoms with van der Waals surface area (Å²) in [6.07, 6.45) is 3.74. The van der Waals surface area contributed by atoms with Crippen LogP contribution in [-0.2, 0) is 0 Å². The zero-order valence-electron chi connectivity index (χ0n) is 16.4. The Labute approximate surface area is 171 Å². The molecular weight excluding hydrogens is 384 g/mol. The van der Waals surface area contributed by atoms with E-state index in [1.807, 2.05) is 30.3 Å². The van der Waals surface area contributed by atoms with E-state index < -0.39 is 4.92 Å². The first-order chi connectivity index (χ1) is 14.6. The van der Waals surface area contributed by atoms with E-state index in [9.17, 15) is 10.1 Å². The van der Waals surface area contributed by atoms with Gasteiger partial charge in [-0.15, -0.1) is 0 Å². The topological polar surface area (TPSA) is 110 Å². The molecule has 0 atom stereocenters. The maximum atomic E-state index is 11.9. The van der Waals surface area contributed by atoms with Crippen LogP contribution in [0.3, 0.4) is 0 Å². The first kappa shape index (κ1) is 18.3.